The highest BCUT2D eigenvalue weighted by Crippen LogP contribution is 2.24. The van der Waals surface area contributed by atoms with Gasteiger partial charge in [-0.05, 0) is 42.6 Å². The maximum Gasteiger partial charge on any atom is 0.0438 e. The van der Waals surface area contributed by atoms with Crippen molar-refractivity contribution < 1.29 is 0 Å². The molecule has 20 heavy (non-hydrogen) atoms. The van der Waals surface area contributed by atoms with Crippen LogP contribution >= 0.6 is 11.6 Å². The van der Waals surface area contributed by atoms with Gasteiger partial charge in [0.05, 0.1) is 0 Å². The summed E-state index contributed by atoms with van der Waals surface area (Å²) in [6, 6.07) is 17.2. The quantitative estimate of drug-likeness (QED) is 0.805. The maximum atomic E-state index is 6.27. The molecule has 0 fully saturated rings. The van der Waals surface area contributed by atoms with E-state index in [-0.39, 0.29) is 0 Å². The van der Waals surface area contributed by atoms with Crippen molar-refractivity contribution in [3.05, 3.63) is 70.2 Å². The summed E-state index contributed by atoms with van der Waals surface area (Å²) < 4.78 is 0. The molecule has 0 saturated heterocycles. The molecule has 106 valence electrons. The van der Waals surface area contributed by atoms with Gasteiger partial charge >= 0.3 is 0 Å². The lowest BCUT2D eigenvalue weighted by atomic mass is 9.96. The second-order valence-corrected chi connectivity index (χ2v) is 5.54. The summed E-state index contributed by atoms with van der Waals surface area (Å²) in [5, 5.41) is 4.25. The molecular formula is C18H22ClN. The SMILES string of the molecule is CCCc1cccc(C(Cc2ccccc2Cl)NC)c1. The second-order valence-electron chi connectivity index (χ2n) is 5.13. The lowest BCUT2D eigenvalue weighted by molar-refractivity contribution is 0.591. The van der Waals surface area contributed by atoms with Gasteiger partial charge < -0.3 is 5.32 Å². The highest BCUT2D eigenvalue weighted by atomic mass is 35.5. The molecule has 0 aliphatic carbocycles. The topological polar surface area (TPSA) is 12.0 Å². The number of rotatable bonds is 6. The van der Waals surface area contributed by atoms with Crippen molar-refractivity contribution in [3.8, 4) is 0 Å². The summed E-state index contributed by atoms with van der Waals surface area (Å²) in [6.07, 6.45) is 3.22. The van der Waals surface area contributed by atoms with E-state index in [4.69, 9.17) is 11.6 Å². The largest absolute Gasteiger partial charge is 0.313 e. The molecule has 2 rings (SSSR count). The van der Waals surface area contributed by atoms with Crippen LogP contribution in [0.15, 0.2) is 48.5 Å². The zero-order valence-corrected chi connectivity index (χ0v) is 13.0. The molecule has 0 aliphatic heterocycles. The smallest absolute Gasteiger partial charge is 0.0438 e. The third-order valence-electron chi connectivity index (χ3n) is 3.62. The first-order valence-corrected chi connectivity index (χ1v) is 7.62. The lowest BCUT2D eigenvalue weighted by Gasteiger charge is -2.18. The standard InChI is InChI=1S/C18H22ClN/c1-3-7-14-8-6-10-16(12-14)18(20-2)13-15-9-4-5-11-17(15)19/h4-6,8-12,18,20H,3,7,13H2,1-2H3. The summed E-state index contributed by atoms with van der Waals surface area (Å²) in [5.74, 6) is 0. The van der Waals surface area contributed by atoms with Crippen LogP contribution in [0.1, 0.15) is 36.1 Å². The molecule has 0 aromatic heterocycles. The molecule has 0 spiro atoms. The molecule has 1 unspecified atom stereocenters. The van der Waals surface area contributed by atoms with E-state index in [1.165, 1.54) is 23.1 Å². The number of likely N-dealkylation sites (N-methyl/N-ethyl adjacent to an activating group) is 1. The maximum absolute atomic E-state index is 6.27. The van der Waals surface area contributed by atoms with E-state index < -0.39 is 0 Å². The summed E-state index contributed by atoms with van der Waals surface area (Å²) in [4.78, 5) is 0. The number of hydrogen-bond donors (Lipinski definition) is 1. The Bertz CT molecular complexity index is 551. The molecule has 1 atom stereocenters. The van der Waals surface area contributed by atoms with Gasteiger partial charge in [-0.3, -0.25) is 0 Å². The Balaban J connectivity index is 2.20. The van der Waals surface area contributed by atoms with Crippen LogP contribution in [0.2, 0.25) is 5.02 Å². The van der Waals surface area contributed by atoms with Crippen LogP contribution < -0.4 is 5.32 Å². The molecular weight excluding hydrogens is 266 g/mol. The Kier molecular flexibility index (Phi) is 5.63. The Morgan fingerprint density at radius 3 is 2.60 bits per heavy atom. The van der Waals surface area contributed by atoms with E-state index in [0.29, 0.717) is 6.04 Å². The van der Waals surface area contributed by atoms with Gasteiger partial charge in [-0.25, -0.2) is 0 Å². The van der Waals surface area contributed by atoms with E-state index in [1.807, 2.05) is 25.2 Å². The highest BCUT2D eigenvalue weighted by molar-refractivity contribution is 6.31. The molecule has 2 heteroatoms. The number of hydrogen-bond acceptors (Lipinski definition) is 1. The summed E-state index contributed by atoms with van der Waals surface area (Å²) in [5.41, 5.74) is 3.93. The highest BCUT2D eigenvalue weighted by Gasteiger charge is 2.12. The minimum absolute atomic E-state index is 0.298. The predicted molar refractivity (Wildman–Crippen MR) is 87.4 cm³/mol. The van der Waals surface area contributed by atoms with Gasteiger partial charge in [0.1, 0.15) is 0 Å². The van der Waals surface area contributed by atoms with E-state index in [0.717, 1.165) is 17.9 Å². The first kappa shape index (κ1) is 15.1. The van der Waals surface area contributed by atoms with Gasteiger partial charge in [-0.15, -0.1) is 0 Å². The van der Waals surface area contributed by atoms with Crippen molar-refractivity contribution in [1.29, 1.82) is 0 Å². The molecule has 0 aliphatic rings. The first-order valence-electron chi connectivity index (χ1n) is 7.24. The number of benzene rings is 2. The first-order chi connectivity index (χ1) is 9.74. The normalized spacial score (nSPS) is 12.3. The van der Waals surface area contributed by atoms with Crippen LogP contribution in [0, 0.1) is 0 Å². The van der Waals surface area contributed by atoms with Crippen molar-refractivity contribution in [1.82, 2.24) is 5.32 Å². The van der Waals surface area contributed by atoms with Gasteiger partial charge in [-0.1, -0.05) is 67.4 Å². The number of nitrogens with one attached hydrogen (secondary N) is 1. The molecule has 0 bridgehead atoms. The summed E-state index contributed by atoms with van der Waals surface area (Å²) >= 11 is 6.27. The fraction of sp³-hybridized carbons (Fsp3) is 0.333. The second kappa shape index (κ2) is 7.47. The minimum Gasteiger partial charge on any atom is -0.313 e. The Morgan fingerprint density at radius 1 is 1.10 bits per heavy atom. The molecule has 0 heterocycles. The van der Waals surface area contributed by atoms with Gasteiger partial charge in [-0.2, -0.15) is 0 Å². The van der Waals surface area contributed by atoms with Crippen molar-refractivity contribution >= 4 is 11.6 Å². The molecule has 1 N–H and O–H groups in total. The van der Waals surface area contributed by atoms with Crippen LogP contribution in [-0.4, -0.2) is 7.05 Å². The zero-order chi connectivity index (χ0) is 14.4. The van der Waals surface area contributed by atoms with Crippen molar-refractivity contribution in [2.45, 2.75) is 32.2 Å². The third kappa shape index (κ3) is 3.84. The van der Waals surface area contributed by atoms with Crippen LogP contribution in [0.3, 0.4) is 0 Å². The fourth-order valence-corrected chi connectivity index (χ4v) is 2.74. The summed E-state index contributed by atoms with van der Waals surface area (Å²) in [7, 11) is 2.01. The lowest BCUT2D eigenvalue weighted by Crippen LogP contribution is -2.19. The average molecular weight is 288 g/mol. The number of aryl methyl sites for hydroxylation is 1. The monoisotopic (exact) mass is 287 g/mol. The molecule has 0 amide bonds. The Labute approximate surface area is 127 Å². The molecule has 0 saturated carbocycles. The van der Waals surface area contributed by atoms with Gasteiger partial charge in [0, 0.05) is 11.1 Å². The molecule has 2 aromatic rings. The molecule has 0 radical (unpaired) electrons. The third-order valence-corrected chi connectivity index (χ3v) is 3.99. The van der Waals surface area contributed by atoms with Gasteiger partial charge in [0.25, 0.3) is 0 Å². The van der Waals surface area contributed by atoms with E-state index in [9.17, 15) is 0 Å². The summed E-state index contributed by atoms with van der Waals surface area (Å²) in [6.45, 7) is 2.21. The van der Waals surface area contributed by atoms with E-state index in [1.54, 1.807) is 0 Å². The van der Waals surface area contributed by atoms with Gasteiger partial charge in [0.2, 0.25) is 0 Å². The van der Waals surface area contributed by atoms with Crippen LogP contribution in [-0.2, 0) is 12.8 Å². The van der Waals surface area contributed by atoms with Crippen molar-refractivity contribution in [2.24, 2.45) is 0 Å². The van der Waals surface area contributed by atoms with Gasteiger partial charge in [0.15, 0.2) is 0 Å². The van der Waals surface area contributed by atoms with E-state index >= 15 is 0 Å². The van der Waals surface area contributed by atoms with Crippen LogP contribution in [0.4, 0.5) is 0 Å². The zero-order valence-electron chi connectivity index (χ0n) is 12.2. The average Bonchev–Trinajstić information content (AvgIpc) is 2.47. The fourth-order valence-electron chi connectivity index (χ4n) is 2.52. The molecule has 2 aromatic carbocycles. The van der Waals surface area contributed by atoms with Crippen LogP contribution in [0.5, 0.6) is 0 Å². The Morgan fingerprint density at radius 2 is 1.90 bits per heavy atom. The number of halogens is 1. The van der Waals surface area contributed by atoms with E-state index in [2.05, 4.69) is 42.6 Å². The Hall–Kier alpha value is -1.31. The van der Waals surface area contributed by atoms with Crippen molar-refractivity contribution in [2.75, 3.05) is 7.05 Å². The molecule has 1 nitrogen and oxygen atoms in total. The van der Waals surface area contributed by atoms with Crippen molar-refractivity contribution in [3.63, 3.8) is 0 Å². The predicted octanol–water partition coefficient (Wildman–Crippen LogP) is 4.80. The van der Waals surface area contributed by atoms with Crippen LogP contribution in [0.25, 0.3) is 0 Å². The minimum atomic E-state index is 0.298.